The SMILES string of the molecule is COC(=O)[C@H]1C[C@@H]1c1ccc(N[C@@H]2CCc3c(B4OC(C)(C)C(C)(C)O4)ccc(F)c32)nc1. The van der Waals surface area contributed by atoms with Crippen molar-refractivity contribution in [3.05, 3.63) is 53.0 Å². The predicted octanol–water partition coefficient (Wildman–Crippen LogP) is 3.90. The molecule has 1 aromatic carbocycles. The van der Waals surface area contributed by atoms with Gasteiger partial charge in [0.15, 0.2) is 0 Å². The Morgan fingerprint density at radius 1 is 1.18 bits per heavy atom. The molecule has 0 unspecified atom stereocenters. The monoisotopic (exact) mass is 452 g/mol. The molecule has 1 N–H and O–H groups in total. The number of nitrogens with zero attached hydrogens (tertiary/aromatic N) is 1. The van der Waals surface area contributed by atoms with Gasteiger partial charge in [-0.05, 0) is 81.6 Å². The summed E-state index contributed by atoms with van der Waals surface area (Å²) < 4.78 is 32.3. The van der Waals surface area contributed by atoms with E-state index in [-0.39, 0.29) is 29.7 Å². The molecule has 1 aliphatic heterocycles. The average molecular weight is 452 g/mol. The fourth-order valence-corrected chi connectivity index (χ4v) is 4.94. The Bertz CT molecular complexity index is 1070. The van der Waals surface area contributed by atoms with Crippen LogP contribution in [-0.4, -0.2) is 36.4 Å². The molecule has 1 saturated carbocycles. The Hall–Kier alpha value is -2.45. The molecule has 33 heavy (non-hydrogen) atoms. The first-order valence-electron chi connectivity index (χ1n) is 11.6. The summed E-state index contributed by atoms with van der Waals surface area (Å²) in [5.41, 5.74) is 2.66. The minimum atomic E-state index is -0.512. The lowest BCUT2D eigenvalue weighted by Gasteiger charge is -2.32. The highest BCUT2D eigenvalue weighted by Gasteiger charge is 2.52. The molecule has 0 bridgehead atoms. The summed E-state index contributed by atoms with van der Waals surface area (Å²) in [5.74, 6) is 0.395. The van der Waals surface area contributed by atoms with E-state index in [9.17, 15) is 9.18 Å². The maximum Gasteiger partial charge on any atom is 0.495 e. The molecule has 174 valence electrons. The van der Waals surface area contributed by atoms with Crippen LogP contribution < -0.4 is 10.8 Å². The Kier molecular flexibility index (Phi) is 5.29. The summed E-state index contributed by atoms with van der Waals surface area (Å²) >= 11 is 0. The van der Waals surface area contributed by atoms with Crippen LogP contribution >= 0.6 is 0 Å². The third kappa shape index (κ3) is 3.83. The molecule has 2 fully saturated rings. The first-order valence-corrected chi connectivity index (χ1v) is 11.6. The summed E-state index contributed by atoms with van der Waals surface area (Å²) in [6, 6.07) is 7.00. The van der Waals surface area contributed by atoms with Gasteiger partial charge in [0.05, 0.1) is 30.3 Å². The number of aromatic nitrogens is 1. The van der Waals surface area contributed by atoms with E-state index in [0.717, 1.165) is 35.9 Å². The van der Waals surface area contributed by atoms with E-state index in [0.29, 0.717) is 11.4 Å². The molecule has 2 heterocycles. The second-order valence-corrected chi connectivity index (χ2v) is 10.3. The number of anilines is 1. The molecule has 1 saturated heterocycles. The van der Waals surface area contributed by atoms with Gasteiger partial charge in [-0.15, -0.1) is 0 Å². The molecular weight excluding hydrogens is 422 g/mol. The van der Waals surface area contributed by atoms with Crippen LogP contribution in [0.4, 0.5) is 10.2 Å². The minimum Gasteiger partial charge on any atom is -0.469 e. The second kappa shape index (κ2) is 7.81. The topological polar surface area (TPSA) is 69.7 Å². The van der Waals surface area contributed by atoms with Crippen molar-refractivity contribution >= 4 is 24.4 Å². The molecule has 0 radical (unpaired) electrons. The fraction of sp³-hybridized carbons (Fsp3) is 0.520. The lowest BCUT2D eigenvalue weighted by atomic mass is 9.75. The Morgan fingerprint density at radius 3 is 2.55 bits per heavy atom. The highest BCUT2D eigenvalue weighted by molar-refractivity contribution is 6.62. The molecule has 1 aromatic heterocycles. The van der Waals surface area contributed by atoms with E-state index < -0.39 is 18.3 Å². The zero-order chi connectivity index (χ0) is 23.5. The van der Waals surface area contributed by atoms with Crippen LogP contribution in [0.1, 0.15) is 69.2 Å². The summed E-state index contributed by atoms with van der Waals surface area (Å²) in [4.78, 5) is 16.2. The number of halogens is 1. The minimum absolute atomic E-state index is 0.0696. The molecule has 8 heteroatoms. The molecule has 2 aromatic rings. The van der Waals surface area contributed by atoms with Crippen molar-refractivity contribution in [1.29, 1.82) is 0 Å². The second-order valence-electron chi connectivity index (χ2n) is 10.3. The van der Waals surface area contributed by atoms with Crippen molar-refractivity contribution in [2.24, 2.45) is 5.92 Å². The number of methoxy groups -OCH3 is 1. The quantitative estimate of drug-likeness (QED) is 0.549. The van der Waals surface area contributed by atoms with Crippen LogP contribution in [0.25, 0.3) is 0 Å². The van der Waals surface area contributed by atoms with Gasteiger partial charge in [-0.2, -0.15) is 0 Å². The number of carbonyl (C=O) groups is 1. The number of rotatable bonds is 5. The molecule has 6 nitrogen and oxygen atoms in total. The van der Waals surface area contributed by atoms with Gasteiger partial charge in [0.1, 0.15) is 11.6 Å². The number of esters is 1. The highest BCUT2D eigenvalue weighted by atomic mass is 19.1. The Balaban J connectivity index is 1.33. The van der Waals surface area contributed by atoms with E-state index in [2.05, 4.69) is 10.3 Å². The third-order valence-corrected chi connectivity index (χ3v) is 7.71. The number of pyridine rings is 1. The maximum absolute atomic E-state index is 15.0. The lowest BCUT2D eigenvalue weighted by Crippen LogP contribution is -2.41. The first kappa shape index (κ1) is 22.4. The molecular formula is C25H30BFN2O4. The standard InChI is InChI=1S/C25H30BFN2O4/c1-24(2)25(3,4)33-26(32-24)18-8-9-19(27)22-15(18)7-10-20(22)29-21-11-6-14(13-28-21)16-12-17(16)23(30)31-5/h6,8-9,11,13,16-17,20H,7,10,12H2,1-5H3,(H,28,29)/t16-,17+,20-/m1/s1. The van der Waals surface area contributed by atoms with Gasteiger partial charge in [-0.1, -0.05) is 12.1 Å². The van der Waals surface area contributed by atoms with Crippen molar-refractivity contribution in [3.63, 3.8) is 0 Å². The average Bonchev–Trinajstić information content (AvgIpc) is 3.40. The molecule has 0 amide bonds. The number of fused-ring (bicyclic) bond motifs is 1. The zero-order valence-electron chi connectivity index (χ0n) is 19.8. The van der Waals surface area contributed by atoms with Crippen LogP contribution in [0.15, 0.2) is 30.5 Å². The lowest BCUT2D eigenvalue weighted by molar-refractivity contribution is -0.142. The fourth-order valence-electron chi connectivity index (χ4n) is 4.94. The van der Waals surface area contributed by atoms with Gasteiger partial charge >= 0.3 is 13.1 Å². The zero-order valence-corrected chi connectivity index (χ0v) is 19.8. The van der Waals surface area contributed by atoms with Gasteiger partial charge < -0.3 is 19.4 Å². The van der Waals surface area contributed by atoms with Crippen molar-refractivity contribution in [1.82, 2.24) is 4.98 Å². The van der Waals surface area contributed by atoms with Gasteiger partial charge in [-0.3, -0.25) is 4.79 Å². The predicted molar refractivity (Wildman–Crippen MR) is 124 cm³/mol. The number of hydrogen-bond donors (Lipinski definition) is 1. The first-order chi connectivity index (χ1) is 15.6. The van der Waals surface area contributed by atoms with E-state index >= 15 is 0 Å². The highest BCUT2D eigenvalue weighted by Crippen LogP contribution is 2.48. The summed E-state index contributed by atoms with van der Waals surface area (Å²) in [6.07, 6.45) is 4.09. The maximum atomic E-state index is 15.0. The van der Waals surface area contributed by atoms with Gasteiger partial charge in [0, 0.05) is 11.8 Å². The number of benzene rings is 1. The van der Waals surface area contributed by atoms with Gasteiger partial charge in [0.25, 0.3) is 0 Å². The molecule has 3 aliphatic rings. The number of ether oxygens (including phenoxy) is 1. The summed E-state index contributed by atoms with van der Waals surface area (Å²) in [5, 5.41) is 3.40. The van der Waals surface area contributed by atoms with E-state index in [1.54, 1.807) is 12.3 Å². The van der Waals surface area contributed by atoms with Crippen molar-refractivity contribution in [2.45, 2.75) is 70.1 Å². The summed E-state index contributed by atoms with van der Waals surface area (Å²) in [7, 11) is 0.904. The van der Waals surface area contributed by atoms with Crippen LogP contribution in [0.3, 0.4) is 0 Å². The number of hydrogen-bond acceptors (Lipinski definition) is 6. The van der Waals surface area contributed by atoms with E-state index in [4.69, 9.17) is 14.0 Å². The molecule has 3 atom stereocenters. The van der Waals surface area contributed by atoms with Crippen molar-refractivity contribution in [2.75, 3.05) is 12.4 Å². The smallest absolute Gasteiger partial charge is 0.469 e. The largest absolute Gasteiger partial charge is 0.495 e. The number of nitrogens with one attached hydrogen (secondary N) is 1. The molecule has 0 spiro atoms. The van der Waals surface area contributed by atoms with Crippen LogP contribution in [0.5, 0.6) is 0 Å². The normalized spacial score (nSPS) is 26.7. The van der Waals surface area contributed by atoms with Crippen LogP contribution in [0.2, 0.25) is 0 Å². The summed E-state index contributed by atoms with van der Waals surface area (Å²) in [6.45, 7) is 8.08. The van der Waals surface area contributed by atoms with E-state index in [1.807, 2.05) is 39.8 Å². The number of carbonyl (C=O) groups excluding carboxylic acids is 1. The third-order valence-electron chi connectivity index (χ3n) is 7.71. The van der Waals surface area contributed by atoms with Crippen LogP contribution in [-0.2, 0) is 25.3 Å². The molecule has 2 aliphatic carbocycles. The van der Waals surface area contributed by atoms with Crippen molar-refractivity contribution in [3.8, 4) is 0 Å². The van der Waals surface area contributed by atoms with Crippen molar-refractivity contribution < 1.29 is 23.2 Å². The van der Waals surface area contributed by atoms with Crippen LogP contribution in [0, 0.1) is 11.7 Å². The Labute approximate surface area is 194 Å². The van der Waals surface area contributed by atoms with Gasteiger partial charge in [-0.25, -0.2) is 9.37 Å². The molecule has 5 rings (SSSR count). The van der Waals surface area contributed by atoms with Gasteiger partial charge in [0.2, 0.25) is 0 Å². The Morgan fingerprint density at radius 2 is 1.91 bits per heavy atom. The van der Waals surface area contributed by atoms with E-state index in [1.165, 1.54) is 13.2 Å².